The molecule has 2 rings (SSSR count). The van der Waals surface area contributed by atoms with Gasteiger partial charge in [0.05, 0.1) is 11.4 Å². The maximum Gasteiger partial charge on any atom is 0.0574 e. The van der Waals surface area contributed by atoms with Crippen molar-refractivity contribution in [2.75, 3.05) is 23.3 Å². The minimum atomic E-state index is 0.773. The van der Waals surface area contributed by atoms with Crippen LogP contribution in [0.15, 0.2) is 24.3 Å². The van der Waals surface area contributed by atoms with Crippen molar-refractivity contribution >= 4 is 23.1 Å². The molecule has 1 saturated heterocycles. The lowest BCUT2D eigenvalue weighted by atomic mass is 10.2. The predicted molar refractivity (Wildman–Crippen MR) is 64.8 cm³/mol. The summed E-state index contributed by atoms with van der Waals surface area (Å²) in [5.41, 5.74) is 7.75. The van der Waals surface area contributed by atoms with Gasteiger partial charge in [0.2, 0.25) is 0 Å². The van der Waals surface area contributed by atoms with Crippen LogP contribution in [0.4, 0.5) is 11.4 Å². The predicted octanol–water partition coefficient (Wildman–Crippen LogP) is 2.58. The van der Waals surface area contributed by atoms with E-state index in [1.807, 2.05) is 24.3 Å². The average molecular weight is 208 g/mol. The van der Waals surface area contributed by atoms with Crippen LogP contribution in [0.5, 0.6) is 0 Å². The van der Waals surface area contributed by atoms with Crippen LogP contribution in [0.3, 0.4) is 0 Å². The zero-order valence-corrected chi connectivity index (χ0v) is 9.02. The molecule has 2 nitrogen and oxygen atoms in total. The summed E-state index contributed by atoms with van der Waals surface area (Å²) in [5.74, 6) is 1.32. The number of para-hydroxylation sites is 2. The summed E-state index contributed by atoms with van der Waals surface area (Å²) in [6.45, 7) is 1.04. The Kier molecular flexibility index (Phi) is 3.19. The van der Waals surface area contributed by atoms with Gasteiger partial charge in [-0.25, -0.2) is 0 Å². The number of rotatable bonds is 3. The summed E-state index contributed by atoms with van der Waals surface area (Å²) in [6, 6.07) is 7.95. The molecule has 14 heavy (non-hydrogen) atoms. The Morgan fingerprint density at radius 1 is 1.43 bits per heavy atom. The van der Waals surface area contributed by atoms with Crippen LogP contribution in [-0.4, -0.2) is 17.5 Å². The summed E-state index contributed by atoms with van der Waals surface area (Å²) in [4.78, 5) is 0. The molecule has 76 valence electrons. The van der Waals surface area contributed by atoms with Gasteiger partial charge in [-0.3, -0.25) is 0 Å². The van der Waals surface area contributed by atoms with E-state index in [1.54, 1.807) is 0 Å². The maximum atomic E-state index is 5.84. The van der Waals surface area contributed by atoms with E-state index in [4.69, 9.17) is 5.73 Å². The molecule has 1 aliphatic rings. The van der Waals surface area contributed by atoms with E-state index >= 15 is 0 Å². The molecule has 1 aromatic rings. The van der Waals surface area contributed by atoms with Crippen molar-refractivity contribution < 1.29 is 0 Å². The molecular formula is C11H16N2S. The number of benzene rings is 1. The first-order valence-electron chi connectivity index (χ1n) is 5.06. The molecule has 1 aliphatic heterocycles. The molecule has 3 N–H and O–H groups in total. The second kappa shape index (κ2) is 4.60. The van der Waals surface area contributed by atoms with Gasteiger partial charge in [0.25, 0.3) is 0 Å². The first-order chi connectivity index (χ1) is 6.86. The molecule has 0 amide bonds. The monoisotopic (exact) mass is 208 g/mol. The lowest BCUT2D eigenvalue weighted by Crippen LogP contribution is -2.14. The number of anilines is 2. The number of thioether (sulfide) groups is 1. The van der Waals surface area contributed by atoms with Gasteiger partial charge in [-0.1, -0.05) is 12.1 Å². The SMILES string of the molecule is Nc1ccccc1NCC1CCCS1. The number of hydrogen-bond donors (Lipinski definition) is 2. The second-order valence-electron chi connectivity index (χ2n) is 3.60. The van der Waals surface area contributed by atoms with Crippen molar-refractivity contribution in [2.45, 2.75) is 18.1 Å². The number of hydrogen-bond acceptors (Lipinski definition) is 3. The van der Waals surface area contributed by atoms with Crippen molar-refractivity contribution in [2.24, 2.45) is 0 Å². The Morgan fingerprint density at radius 2 is 2.29 bits per heavy atom. The van der Waals surface area contributed by atoms with Gasteiger partial charge in [0.1, 0.15) is 0 Å². The van der Waals surface area contributed by atoms with Crippen LogP contribution in [0.25, 0.3) is 0 Å². The number of nitrogen functional groups attached to an aromatic ring is 1. The smallest absolute Gasteiger partial charge is 0.0574 e. The first kappa shape index (κ1) is 9.71. The fourth-order valence-electron chi connectivity index (χ4n) is 1.69. The number of nitrogens with one attached hydrogen (secondary N) is 1. The summed E-state index contributed by atoms with van der Waals surface area (Å²) < 4.78 is 0. The quantitative estimate of drug-likeness (QED) is 0.750. The lowest BCUT2D eigenvalue weighted by Gasteiger charge is -2.12. The van der Waals surface area contributed by atoms with Crippen molar-refractivity contribution in [3.8, 4) is 0 Å². The fraction of sp³-hybridized carbons (Fsp3) is 0.455. The van der Waals surface area contributed by atoms with Gasteiger partial charge >= 0.3 is 0 Å². The van der Waals surface area contributed by atoms with Crippen LogP contribution in [-0.2, 0) is 0 Å². The minimum Gasteiger partial charge on any atom is -0.397 e. The summed E-state index contributed by atoms with van der Waals surface area (Å²) in [5, 5.41) is 4.18. The van der Waals surface area contributed by atoms with Crippen molar-refractivity contribution in [1.82, 2.24) is 0 Å². The molecule has 1 fully saturated rings. The molecule has 0 aliphatic carbocycles. The molecule has 0 aromatic heterocycles. The van der Waals surface area contributed by atoms with Crippen molar-refractivity contribution in [1.29, 1.82) is 0 Å². The van der Waals surface area contributed by atoms with Crippen molar-refractivity contribution in [3.05, 3.63) is 24.3 Å². The molecule has 1 atom stereocenters. The molecule has 3 heteroatoms. The first-order valence-corrected chi connectivity index (χ1v) is 6.11. The summed E-state index contributed by atoms with van der Waals surface area (Å²) in [7, 11) is 0. The normalized spacial score (nSPS) is 21.0. The van der Waals surface area contributed by atoms with Gasteiger partial charge < -0.3 is 11.1 Å². The Labute approximate surface area is 89.3 Å². The Morgan fingerprint density at radius 3 is 3.00 bits per heavy atom. The standard InChI is InChI=1S/C11H16N2S/c12-10-5-1-2-6-11(10)13-8-9-4-3-7-14-9/h1-2,5-6,9,13H,3-4,7-8,12H2. The molecule has 1 aromatic carbocycles. The van der Waals surface area contributed by atoms with Gasteiger partial charge in [-0.15, -0.1) is 0 Å². The Hall–Kier alpha value is -0.830. The third-order valence-corrected chi connectivity index (χ3v) is 3.90. The maximum absolute atomic E-state index is 5.84. The van der Waals surface area contributed by atoms with E-state index in [0.29, 0.717) is 0 Å². The van der Waals surface area contributed by atoms with E-state index < -0.39 is 0 Å². The van der Waals surface area contributed by atoms with E-state index in [0.717, 1.165) is 23.2 Å². The summed E-state index contributed by atoms with van der Waals surface area (Å²) in [6.07, 6.45) is 2.70. The van der Waals surface area contributed by atoms with E-state index in [-0.39, 0.29) is 0 Å². The molecule has 1 unspecified atom stereocenters. The highest BCUT2D eigenvalue weighted by atomic mass is 32.2. The fourth-order valence-corrected chi connectivity index (χ4v) is 2.89. The third kappa shape index (κ3) is 2.35. The van der Waals surface area contributed by atoms with Gasteiger partial charge in [-0.05, 0) is 30.7 Å². The topological polar surface area (TPSA) is 38.0 Å². The largest absolute Gasteiger partial charge is 0.397 e. The summed E-state index contributed by atoms with van der Waals surface area (Å²) >= 11 is 2.06. The zero-order valence-electron chi connectivity index (χ0n) is 8.20. The highest BCUT2D eigenvalue weighted by molar-refractivity contribution is 8.00. The Balaban J connectivity index is 1.88. The lowest BCUT2D eigenvalue weighted by molar-refractivity contribution is 0.806. The third-order valence-electron chi connectivity index (χ3n) is 2.50. The second-order valence-corrected chi connectivity index (χ2v) is 5.01. The van der Waals surface area contributed by atoms with Crippen LogP contribution in [0.2, 0.25) is 0 Å². The molecule has 0 radical (unpaired) electrons. The molecule has 0 saturated carbocycles. The van der Waals surface area contributed by atoms with Gasteiger partial charge in [0, 0.05) is 11.8 Å². The van der Waals surface area contributed by atoms with Gasteiger partial charge in [-0.2, -0.15) is 11.8 Å². The van der Waals surface area contributed by atoms with Gasteiger partial charge in [0.15, 0.2) is 0 Å². The average Bonchev–Trinajstić information content (AvgIpc) is 2.69. The van der Waals surface area contributed by atoms with E-state index in [2.05, 4.69) is 17.1 Å². The Bertz CT molecular complexity index is 295. The van der Waals surface area contributed by atoms with E-state index in [1.165, 1.54) is 18.6 Å². The number of nitrogens with two attached hydrogens (primary N) is 1. The van der Waals surface area contributed by atoms with E-state index in [9.17, 15) is 0 Å². The molecule has 0 spiro atoms. The molecule has 0 bridgehead atoms. The molecular weight excluding hydrogens is 192 g/mol. The van der Waals surface area contributed by atoms with Crippen LogP contribution in [0.1, 0.15) is 12.8 Å². The van der Waals surface area contributed by atoms with Crippen LogP contribution >= 0.6 is 11.8 Å². The highest BCUT2D eigenvalue weighted by Crippen LogP contribution is 2.27. The van der Waals surface area contributed by atoms with Crippen LogP contribution in [0, 0.1) is 0 Å². The zero-order chi connectivity index (χ0) is 9.80. The molecule has 1 heterocycles. The van der Waals surface area contributed by atoms with Crippen LogP contribution < -0.4 is 11.1 Å². The highest BCUT2D eigenvalue weighted by Gasteiger charge is 2.14. The van der Waals surface area contributed by atoms with Crippen molar-refractivity contribution in [3.63, 3.8) is 0 Å². The minimum absolute atomic E-state index is 0.773.